The SMILES string of the molecule is Cc1cc2occ(CC(=O)N3CCCC3c3cccn3C)c2cc1C(C)C. The maximum absolute atomic E-state index is 13.1. The minimum Gasteiger partial charge on any atom is -0.464 e. The molecule has 4 heteroatoms. The topological polar surface area (TPSA) is 38.4 Å². The van der Waals surface area contributed by atoms with Crippen molar-refractivity contribution in [1.82, 2.24) is 9.47 Å². The summed E-state index contributed by atoms with van der Waals surface area (Å²) < 4.78 is 7.90. The lowest BCUT2D eigenvalue weighted by Gasteiger charge is -2.25. The first-order valence-corrected chi connectivity index (χ1v) is 9.87. The van der Waals surface area contributed by atoms with E-state index in [2.05, 4.69) is 62.8 Å². The van der Waals surface area contributed by atoms with Crippen LogP contribution in [-0.2, 0) is 18.3 Å². The second kappa shape index (κ2) is 6.91. The van der Waals surface area contributed by atoms with Gasteiger partial charge >= 0.3 is 0 Å². The molecule has 142 valence electrons. The molecule has 4 nitrogen and oxygen atoms in total. The van der Waals surface area contributed by atoms with Crippen LogP contribution >= 0.6 is 0 Å². The molecule has 1 aliphatic rings. The van der Waals surface area contributed by atoms with Crippen molar-refractivity contribution in [2.45, 2.75) is 52.0 Å². The molecule has 3 aromatic rings. The third kappa shape index (κ3) is 3.18. The maximum Gasteiger partial charge on any atom is 0.227 e. The molecule has 0 spiro atoms. The van der Waals surface area contributed by atoms with E-state index in [1.807, 2.05) is 4.90 Å². The Balaban J connectivity index is 1.61. The van der Waals surface area contributed by atoms with Gasteiger partial charge < -0.3 is 13.9 Å². The van der Waals surface area contributed by atoms with E-state index in [4.69, 9.17) is 4.42 Å². The fraction of sp³-hybridized carbons (Fsp3) is 0.435. The zero-order valence-electron chi connectivity index (χ0n) is 16.7. The van der Waals surface area contributed by atoms with Gasteiger partial charge in [-0.05, 0) is 61.1 Å². The highest BCUT2D eigenvalue weighted by molar-refractivity contribution is 5.89. The van der Waals surface area contributed by atoms with Crippen LogP contribution < -0.4 is 0 Å². The summed E-state index contributed by atoms with van der Waals surface area (Å²) in [4.78, 5) is 15.2. The van der Waals surface area contributed by atoms with Crippen LogP contribution in [0.5, 0.6) is 0 Å². The maximum atomic E-state index is 13.1. The van der Waals surface area contributed by atoms with Gasteiger partial charge in [0.05, 0.1) is 18.7 Å². The van der Waals surface area contributed by atoms with Crippen molar-refractivity contribution in [2.75, 3.05) is 6.54 Å². The minimum absolute atomic E-state index is 0.184. The van der Waals surface area contributed by atoms with Gasteiger partial charge in [-0.25, -0.2) is 0 Å². The number of hydrogen-bond donors (Lipinski definition) is 0. The molecule has 3 heterocycles. The highest BCUT2D eigenvalue weighted by Crippen LogP contribution is 2.34. The Kier molecular flexibility index (Phi) is 4.58. The van der Waals surface area contributed by atoms with Crippen molar-refractivity contribution in [3.05, 3.63) is 59.1 Å². The Morgan fingerprint density at radius 1 is 1.33 bits per heavy atom. The highest BCUT2D eigenvalue weighted by Gasteiger charge is 2.31. The van der Waals surface area contributed by atoms with Gasteiger partial charge in [0.2, 0.25) is 5.91 Å². The van der Waals surface area contributed by atoms with Gasteiger partial charge in [-0.1, -0.05) is 13.8 Å². The standard InChI is InChI=1S/C23H28N2O2/c1-15(2)18-13-19-17(14-27-22(19)11-16(18)3)12-23(26)25-10-6-8-21(25)20-7-5-9-24(20)4/h5,7,9,11,13-15,21H,6,8,10,12H2,1-4H3. The molecule has 0 radical (unpaired) electrons. The number of benzene rings is 1. The van der Waals surface area contributed by atoms with Gasteiger partial charge in [-0.2, -0.15) is 0 Å². The molecule has 4 rings (SSSR count). The summed E-state index contributed by atoms with van der Waals surface area (Å²) in [7, 11) is 2.05. The quantitative estimate of drug-likeness (QED) is 0.645. The second-order valence-electron chi connectivity index (χ2n) is 8.09. The van der Waals surface area contributed by atoms with Crippen molar-refractivity contribution in [3.8, 4) is 0 Å². The molecule has 1 aliphatic heterocycles. The highest BCUT2D eigenvalue weighted by atomic mass is 16.3. The number of amides is 1. The molecule has 27 heavy (non-hydrogen) atoms. The molecular weight excluding hydrogens is 336 g/mol. The van der Waals surface area contributed by atoms with Crippen LogP contribution in [0.3, 0.4) is 0 Å². The van der Waals surface area contributed by atoms with Crippen molar-refractivity contribution in [2.24, 2.45) is 7.05 Å². The zero-order valence-corrected chi connectivity index (χ0v) is 16.7. The lowest BCUT2D eigenvalue weighted by molar-refractivity contribution is -0.131. The molecule has 2 aromatic heterocycles. The van der Waals surface area contributed by atoms with E-state index >= 15 is 0 Å². The molecular formula is C23H28N2O2. The summed E-state index contributed by atoms with van der Waals surface area (Å²) in [5.74, 6) is 0.640. The van der Waals surface area contributed by atoms with Crippen molar-refractivity contribution in [1.29, 1.82) is 0 Å². The number of fused-ring (bicyclic) bond motifs is 1. The van der Waals surface area contributed by atoms with Gasteiger partial charge in [0.15, 0.2) is 0 Å². The first-order valence-electron chi connectivity index (χ1n) is 9.87. The molecule has 1 atom stereocenters. The number of rotatable bonds is 4. The lowest BCUT2D eigenvalue weighted by atomic mass is 9.95. The number of aromatic nitrogens is 1. The number of carbonyl (C=O) groups excluding carboxylic acids is 1. The third-order valence-corrected chi connectivity index (χ3v) is 5.90. The smallest absolute Gasteiger partial charge is 0.227 e. The zero-order chi connectivity index (χ0) is 19.1. The van der Waals surface area contributed by atoms with E-state index in [-0.39, 0.29) is 11.9 Å². The first-order chi connectivity index (χ1) is 13.0. The van der Waals surface area contributed by atoms with Crippen LogP contribution in [0.1, 0.15) is 61.0 Å². The number of furan rings is 1. The minimum atomic E-state index is 0.184. The van der Waals surface area contributed by atoms with Gasteiger partial charge in [-0.15, -0.1) is 0 Å². The number of aryl methyl sites for hydroxylation is 2. The summed E-state index contributed by atoms with van der Waals surface area (Å²) in [5.41, 5.74) is 5.65. The predicted molar refractivity (Wildman–Crippen MR) is 108 cm³/mol. The fourth-order valence-corrected chi connectivity index (χ4v) is 4.46. The average molecular weight is 364 g/mol. The first kappa shape index (κ1) is 17.9. The molecule has 0 N–H and O–H groups in total. The van der Waals surface area contributed by atoms with Gasteiger partial charge in [0.1, 0.15) is 5.58 Å². The Labute approximate surface area is 160 Å². The van der Waals surface area contributed by atoms with Crippen molar-refractivity contribution in [3.63, 3.8) is 0 Å². The van der Waals surface area contributed by atoms with Crippen LogP contribution in [-0.4, -0.2) is 21.9 Å². The van der Waals surface area contributed by atoms with Crippen LogP contribution in [0.2, 0.25) is 0 Å². The number of hydrogen-bond acceptors (Lipinski definition) is 2. The van der Waals surface area contributed by atoms with Crippen LogP contribution in [0.4, 0.5) is 0 Å². The molecule has 1 unspecified atom stereocenters. The lowest BCUT2D eigenvalue weighted by Crippen LogP contribution is -2.32. The summed E-state index contributed by atoms with van der Waals surface area (Å²) >= 11 is 0. The van der Waals surface area contributed by atoms with E-state index in [1.54, 1.807) is 6.26 Å². The molecule has 1 aromatic carbocycles. The van der Waals surface area contributed by atoms with Crippen LogP contribution in [0.25, 0.3) is 11.0 Å². The summed E-state index contributed by atoms with van der Waals surface area (Å²) in [6.45, 7) is 7.36. The number of likely N-dealkylation sites (tertiary alicyclic amines) is 1. The molecule has 0 bridgehead atoms. The van der Waals surface area contributed by atoms with E-state index < -0.39 is 0 Å². The van der Waals surface area contributed by atoms with Crippen molar-refractivity contribution >= 4 is 16.9 Å². The molecule has 0 aliphatic carbocycles. The fourth-order valence-electron chi connectivity index (χ4n) is 4.46. The normalized spacial score (nSPS) is 17.4. The van der Waals surface area contributed by atoms with Crippen LogP contribution in [0.15, 0.2) is 41.1 Å². The largest absolute Gasteiger partial charge is 0.464 e. The van der Waals surface area contributed by atoms with E-state index in [0.29, 0.717) is 12.3 Å². The molecule has 1 fully saturated rings. The van der Waals surface area contributed by atoms with Crippen molar-refractivity contribution < 1.29 is 9.21 Å². The third-order valence-electron chi connectivity index (χ3n) is 5.90. The van der Waals surface area contributed by atoms with Gasteiger partial charge in [0.25, 0.3) is 0 Å². The van der Waals surface area contributed by atoms with Gasteiger partial charge in [0, 0.05) is 36.4 Å². The molecule has 0 saturated carbocycles. The molecule has 1 saturated heterocycles. The van der Waals surface area contributed by atoms with E-state index in [1.165, 1.54) is 16.8 Å². The number of nitrogens with zero attached hydrogens (tertiary/aromatic N) is 2. The predicted octanol–water partition coefficient (Wildman–Crippen LogP) is 5.11. The average Bonchev–Trinajstić information content (AvgIpc) is 3.33. The van der Waals surface area contributed by atoms with E-state index in [0.717, 1.165) is 35.9 Å². The Morgan fingerprint density at radius 3 is 2.85 bits per heavy atom. The molecule has 1 amide bonds. The second-order valence-corrected chi connectivity index (χ2v) is 8.09. The summed E-state index contributed by atoms with van der Waals surface area (Å²) in [6.07, 6.45) is 6.31. The monoisotopic (exact) mass is 364 g/mol. The summed E-state index contributed by atoms with van der Waals surface area (Å²) in [6, 6.07) is 8.67. The Hall–Kier alpha value is -2.49. The Morgan fingerprint density at radius 2 is 2.15 bits per heavy atom. The van der Waals surface area contributed by atoms with Crippen LogP contribution in [0, 0.1) is 6.92 Å². The Bertz CT molecular complexity index is 980. The summed E-state index contributed by atoms with van der Waals surface area (Å²) in [5, 5.41) is 1.08. The number of carbonyl (C=O) groups is 1. The van der Waals surface area contributed by atoms with E-state index in [9.17, 15) is 4.79 Å². The van der Waals surface area contributed by atoms with Gasteiger partial charge in [-0.3, -0.25) is 4.79 Å².